The summed E-state index contributed by atoms with van der Waals surface area (Å²) < 4.78 is 6.75. The lowest BCUT2D eigenvalue weighted by Gasteiger charge is -2.13. The molecule has 0 aliphatic carbocycles. The minimum absolute atomic E-state index is 0.243. The van der Waals surface area contributed by atoms with Crippen LogP contribution in [0.2, 0.25) is 0 Å². The molecule has 0 unspecified atom stereocenters. The average Bonchev–Trinajstić information content (AvgIpc) is 3.58. The van der Waals surface area contributed by atoms with Crippen molar-refractivity contribution in [1.82, 2.24) is 9.97 Å². The van der Waals surface area contributed by atoms with E-state index in [-0.39, 0.29) is 5.75 Å². The molecule has 0 atom stereocenters. The van der Waals surface area contributed by atoms with E-state index in [4.69, 9.17) is 14.4 Å². The van der Waals surface area contributed by atoms with Crippen LogP contribution in [-0.2, 0) is 0 Å². The van der Waals surface area contributed by atoms with Gasteiger partial charge < -0.3 is 9.52 Å². The second kappa shape index (κ2) is 12.8. The van der Waals surface area contributed by atoms with Gasteiger partial charge in [0.1, 0.15) is 16.9 Å². The summed E-state index contributed by atoms with van der Waals surface area (Å²) in [7, 11) is 0. The van der Waals surface area contributed by atoms with E-state index >= 15 is 0 Å². The molecule has 0 aliphatic rings. The Morgan fingerprint density at radius 1 is 0.404 bits per heavy atom. The van der Waals surface area contributed by atoms with Crippen LogP contribution < -0.4 is 0 Å². The van der Waals surface area contributed by atoms with E-state index in [1.165, 1.54) is 0 Å². The molecular formula is C48H34N2O2. The molecule has 0 radical (unpaired) electrons. The van der Waals surface area contributed by atoms with E-state index in [9.17, 15) is 5.11 Å². The number of benzene rings is 6. The molecule has 9 aromatic rings. The molecule has 0 aliphatic heterocycles. The Hall–Kier alpha value is -6.78. The van der Waals surface area contributed by atoms with Crippen molar-refractivity contribution in [2.75, 3.05) is 0 Å². The molecule has 248 valence electrons. The van der Waals surface area contributed by atoms with Gasteiger partial charge in [0.2, 0.25) is 0 Å². The lowest BCUT2D eigenvalue weighted by Crippen LogP contribution is -1.94. The van der Waals surface area contributed by atoms with E-state index < -0.39 is 0 Å². The molecule has 3 heterocycles. The quantitative estimate of drug-likeness (QED) is 0.191. The maximum Gasteiger partial charge on any atom is 0.143 e. The van der Waals surface area contributed by atoms with Crippen molar-refractivity contribution in [3.8, 4) is 72.9 Å². The number of aromatic nitrogens is 2. The first kappa shape index (κ1) is 31.2. The van der Waals surface area contributed by atoms with Crippen LogP contribution in [0.1, 0.15) is 11.3 Å². The highest BCUT2D eigenvalue weighted by atomic mass is 16.3. The summed E-state index contributed by atoms with van der Waals surface area (Å²) in [6.07, 6.45) is 0. The molecule has 0 fully saturated rings. The Labute approximate surface area is 302 Å². The summed E-state index contributed by atoms with van der Waals surface area (Å²) in [5.41, 5.74) is 14.9. The number of aromatic hydroxyl groups is 1. The largest absolute Gasteiger partial charge is 0.507 e. The van der Waals surface area contributed by atoms with Gasteiger partial charge in [0.15, 0.2) is 0 Å². The second-order valence-corrected chi connectivity index (χ2v) is 13.3. The zero-order valence-electron chi connectivity index (χ0n) is 28.8. The predicted octanol–water partition coefficient (Wildman–Crippen LogP) is 12.7. The molecule has 0 saturated carbocycles. The second-order valence-electron chi connectivity index (χ2n) is 13.3. The Balaban J connectivity index is 1.16. The summed E-state index contributed by atoms with van der Waals surface area (Å²) >= 11 is 0. The summed E-state index contributed by atoms with van der Waals surface area (Å²) in [6.45, 7) is 3.94. The van der Waals surface area contributed by atoms with Crippen molar-refractivity contribution < 1.29 is 9.52 Å². The standard InChI is InChI=1S/C48H34N2O2/c1-30-13-9-24-42(46(30)51)45-28-36(32-14-5-3-6-15-32)27-44(50-45)35-19-10-18-34(26-35)43-29-37(25-31(2)49-43)39-21-12-23-41-40-22-11-20-38(47(40)52-48(39)41)33-16-7-4-8-17-33/h3-29,51H,1-2H3. The molecule has 4 nitrogen and oxygen atoms in total. The minimum atomic E-state index is 0.243. The lowest BCUT2D eigenvalue weighted by molar-refractivity contribution is 0.473. The van der Waals surface area contributed by atoms with Gasteiger partial charge in [0.25, 0.3) is 0 Å². The molecule has 0 spiro atoms. The van der Waals surface area contributed by atoms with E-state index in [0.29, 0.717) is 11.3 Å². The number of hydrogen-bond donors (Lipinski definition) is 1. The normalized spacial score (nSPS) is 11.3. The van der Waals surface area contributed by atoms with Crippen molar-refractivity contribution in [3.05, 3.63) is 175 Å². The van der Waals surface area contributed by atoms with E-state index in [1.807, 2.05) is 62.4 Å². The van der Waals surface area contributed by atoms with Crippen LogP contribution in [0.4, 0.5) is 0 Å². The number of pyridine rings is 2. The van der Waals surface area contributed by atoms with E-state index in [1.54, 1.807) is 0 Å². The molecule has 1 N–H and O–H groups in total. The molecule has 6 aromatic carbocycles. The van der Waals surface area contributed by atoms with Crippen molar-refractivity contribution >= 4 is 21.9 Å². The van der Waals surface area contributed by atoms with Crippen LogP contribution >= 0.6 is 0 Å². The van der Waals surface area contributed by atoms with Gasteiger partial charge in [-0.15, -0.1) is 0 Å². The minimum Gasteiger partial charge on any atom is -0.507 e. The first-order chi connectivity index (χ1) is 25.5. The molecule has 4 heteroatoms. The lowest BCUT2D eigenvalue weighted by atomic mass is 9.97. The van der Waals surface area contributed by atoms with Gasteiger partial charge in [0, 0.05) is 44.3 Å². The molecule has 0 amide bonds. The van der Waals surface area contributed by atoms with Crippen molar-refractivity contribution in [2.45, 2.75) is 13.8 Å². The van der Waals surface area contributed by atoms with Crippen LogP contribution in [0.5, 0.6) is 5.75 Å². The van der Waals surface area contributed by atoms with Gasteiger partial charge in [-0.3, -0.25) is 4.98 Å². The smallest absolute Gasteiger partial charge is 0.143 e. The number of nitrogens with zero attached hydrogens (tertiary/aromatic N) is 2. The fourth-order valence-electron chi connectivity index (χ4n) is 7.18. The SMILES string of the molecule is Cc1cc(-c2cccc3c2oc2c(-c4ccccc4)cccc23)cc(-c2cccc(-c3cc(-c4ccccc4)cc(-c4cccc(C)c4O)n3)c2)n1. The number of aryl methyl sites for hydroxylation is 2. The van der Waals surface area contributed by atoms with Crippen LogP contribution in [0, 0.1) is 13.8 Å². The Kier molecular flexibility index (Phi) is 7.71. The zero-order chi connectivity index (χ0) is 35.2. The highest BCUT2D eigenvalue weighted by Gasteiger charge is 2.18. The molecule has 0 saturated heterocycles. The predicted molar refractivity (Wildman–Crippen MR) is 213 cm³/mol. The number of furan rings is 1. The Morgan fingerprint density at radius 3 is 1.62 bits per heavy atom. The van der Waals surface area contributed by atoms with Crippen molar-refractivity contribution in [2.24, 2.45) is 0 Å². The van der Waals surface area contributed by atoms with E-state index in [2.05, 4.69) is 115 Å². The fraction of sp³-hybridized carbons (Fsp3) is 0.0417. The van der Waals surface area contributed by atoms with Gasteiger partial charge in [0.05, 0.1) is 17.1 Å². The van der Waals surface area contributed by atoms with Gasteiger partial charge in [-0.1, -0.05) is 127 Å². The van der Waals surface area contributed by atoms with Crippen molar-refractivity contribution in [1.29, 1.82) is 0 Å². The molecular weight excluding hydrogens is 637 g/mol. The third-order valence-corrected chi connectivity index (χ3v) is 9.77. The fourth-order valence-corrected chi connectivity index (χ4v) is 7.18. The van der Waals surface area contributed by atoms with E-state index in [0.717, 1.165) is 89.1 Å². The highest BCUT2D eigenvalue weighted by molar-refractivity contribution is 6.13. The van der Waals surface area contributed by atoms with Gasteiger partial charge >= 0.3 is 0 Å². The topological polar surface area (TPSA) is 59.2 Å². The van der Waals surface area contributed by atoms with Crippen LogP contribution in [0.15, 0.2) is 168 Å². The Morgan fingerprint density at radius 2 is 0.923 bits per heavy atom. The number of para-hydroxylation sites is 3. The number of hydrogen-bond acceptors (Lipinski definition) is 4. The average molecular weight is 671 g/mol. The zero-order valence-corrected chi connectivity index (χ0v) is 28.8. The maximum atomic E-state index is 11.0. The monoisotopic (exact) mass is 670 g/mol. The number of fused-ring (bicyclic) bond motifs is 3. The van der Waals surface area contributed by atoms with Crippen molar-refractivity contribution in [3.63, 3.8) is 0 Å². The number of phenolic OH excluding ortho intramolecular Hbond substituents is 1. The molecule has 0 bridgehead atoms. The highest BCUT2D eigenvalue weighted by Crippen LogP contribution is 2.41. The summed E-state index contributed by atoms with van der Waals surface area (Å²) in [5.74, 6) is 0.243. The molecule has 9 rings (SSSR count). The maximum absolute atomic E-state index is 11.0. The van der Waals surface area contributed by atoms with Crippen LogP contribution in [0.25, 0.3) is 89.1 Å². The third-order valence-electron chi connectivity index (χ3n) is 9.77. The van der Waals surface area contributed by atoms with Gasteiger partial charge in [-0.05, 0) is 78.1 Å². The summed E-state index contributed by atoms with van der Waals surface area (Å²) in [6, 6.07) is 56.0. The third kappa shape index (κ3) is 5.61. The summed E-state index contributed by atoms with van der Waals surface area (Å²) in [4.78, 5) is 10.1. The Bertz CT molecular complexity index is 2770. The summed E-state index contributed by atoms with van der Waals surface area (Å²) in [5, 5.41) is 13.2. The first-order valence-corrected chi connectivity index (χ1v) is 17.5. The molecule has 52 heavy (non-hydrogen) atoms. The van der Waals surface area contributed by atoms with Gasteiger partial charge in [-0.25, -0.2) is 4.98 Å². The first-order valence-electron chi connectivity index (χ1n) is 17.5. The molecule has 3 aromatic heterocycles. The van der Waals surface area contributed by atoms with Crippen LogP contribution in [0.3, 0.4) is 0 Å². The number of rotatable bonds is 6. The number of phenols is 1. The van der Waals surface area contributed by atoms with Gasteiger partial charge in [-0.2, -0.15) is 0 Å². The van der Waals surface area contributed by atoms with Crippen LogP contribution in [-0.4, -0.2) is 15.1 Å².